The number of hydrogen-bond donors (Lipinski definition) is 2. The average molecular weight is 581 g/mol. The Morgan fingerprint density at radius 1 is 1.09 bits per heavy atom. The molecule has 2 unspecified atom stereocenters. The van der Waals surface area contributed by atoms with E-state index in [1.807, 2.05) is 0 Å². The van der Waals surface area contributed by atoms with Crippen molar-refractivity contribution in [3.8, 4) is 0 Å². The Balaban J connectivity index is 1.78. The van der Waals surface area contributed by atoms with Crippen LogP contribution >= 0.6 is 69.6 Å². The number of allylic oxidation sites excluding steroid dienone is 1. The molecule has 0 aliphatic heterocycles. The summed E-state index contributed by atoms with van der Waals surface area (Å²) in [6, 6.07) is 9.29. The van der Waals surface area contributed by atoms with Gasteiger partial charge in [-0.05, 0) is 48.7 Å². The molecule has 2 atom stereocenters. The van der Waals surface area contributed by atoms with Crippen molar-refractivity contribution in [2.24, 2.45) is 15.9 Å². The standard InChI is InChI=1S/C22H16Cl6N4O2/c1-29-16(26)9-17(30-2)32-20(33)14-8-13(3-4-15(14)25)31-21(34)19-18(22(19,27)28)10-5-11(23)7-12(24)6-10/h3-9,18-19H,2H2,1H3,(H,31,34)(H,32,33)/b17-9+,29-16+. The summed E-state index contributed by atoms with van der Waals surface area (Å²) in [4.78, 5) is 33.1. The number of amides is 2. The van der Waals surface area contributed by atoms with Crippen LogP contribution in [0.1, 0.15) is 21.8 Å². The summed E-state index contributed by atoms with van der Waals surface area (Å²) in [6.07, 6.45) is 1.32. The highest BCUT2D eigenvalue weighted by atomic mass is 35.5. The van der Waals surface area contributed by atoms with Gasteiger partial charge in [-0.2, -0.15) is 0 Å². The van der Waals surface area contributed by atoms with Gasteiger partial charge in [0.05, 0.1) is 16.5 Å². The number of halogens is 6. The van der Waals surface area contributed by atoms with Crippen LogP contribution in [0.5, 0.6) is 0 Å². The van der Waals surface area contributed by atoms with E-state index in [0.717, 1.165) is 0 Å². The van der Waals surface area contributed by atoms with Gasteiger partial charge in [0.2, 0.25) is 5.91 Å². The highest BCUT2D eigenvalue weighted by Crippen LogP contribution is 2.65. The second-order valence-corrected chi connectivity index (χ2v) is 10.3. The minimum atomic E-state index is -1.35. The number of anilines is 1. The van der Waals surface area contributed by atoms with Crippen LogP contribution in [-0.4, -0.2) is 35.1 Å². The highest BCUT2D eigenvalue weighted by molar-refractivity contribution is 6.68. The minimum absolute atomic E-state index is 0.0705. The summed E-state index contributed by atoms with van der Waals surface area (Å²) in [5, 5.41) is 6.30. The van der Waals surface area contributed by atoms with Crippen LogP contribution in [0.15, 0.2) is 58.3 Å². The fourth-order valence-electron chi connectivity index (χ4n) is 3.30. The lowest BCUT2D eigenvalue weighted by atomic mass is 10.1. The Morgan fingerprint density at radius 2 is 1.74 bits per heavy atom. The lowest BCUT2D eigenvalue weighted by molar-refractivity contribution is -0.117. The molecule has 0 saturated heterocycles. The zero-order valence-electron chi connectivity index (χ0n) is 17.4. The molecule has 0 aromatic heterocycles. The third-order valence-electron chi connectivity index (χ3n) is 4.94. The van der Waals surface area contributed by atoms with Crippen LogP contribution in [0.25, 0.3) is 0 Å². The Hall–Kier alpha value is -1.80. The Morgan fingerprint density at radius 3 is 2.32 bits per heavy atom. The molecule has 1 aliphatic rings. The van der Waals surface area contributed by atoms with Crippen LogP contribution in [0.2, 0.25) is 15.1 Å². The van der Waals surface area contributed by atoms with Gasteiger partial charge < -0.3 is 10.6 Å². The monoisotopic (exact) mass is 578 g/mol. The molecule has 6 nitrogen and oxygen atoms in total. The van der Waals surface area contributed by atoms with Crippen LogP contribution in [0.3, 0.4) is 0 Å². The summed E-state index contributed by atoms with van der Waals surface area (Å²) >= 11 is 37.0. The van der Waals surface area contributed by atoms with Gasteiger partial charge in [-0.15, -0.1) is 23.2 Å². The van der Waals surface area contributed by atoms with Gasteiger partial charge >= 0.3 is 0 Å². The van der Waals surface area contributed by atoms with E-state index in [9.17, 15) is 9.59 Å². The zero-order valence-corrected chi connectivity index (χ0v) is 21.9. The zero-order chi connectivity index (χ0) is 25.2. The first-order chi connectivity index (χ1) is 16.0. The number of hydrogen-bond acceptors (Lipinski definition) is 4. The predicted octanol–water partition coefficient (Wildman–Crippen LogP) is 6.71. The quantitative estimate of drug-likeness (QED) is 0.282. The van der Waals surface area contributed by atoms with Gasteiger partial charge in [0.1, 0.15) is 15.3 Å². The molecule has 2 N–H and O–H groups in total. The first kappa shape index (κ1) is 26.8. The number of alkyl halides is 2. The third-order valence-corrected chi connectivity index (χ3v) is 6.92. The predicted molar refractivity (Wildman–Crippen MR) is 142 cm³/mol. The van der Waals surface area contributed by atoms with Gasteiger partial charge in [0.15, 0.2) is 0 Å². The molecule has 0 heterocycles. The lowest BCUT2D eigenvalue weighted by Gasteiger charge is -2.10. The molecule has 0 bridgehead atoms. The van der Waals surface area contributed by atoms with Gasteiger partial charge in [0.25, 0.3) is 5.91 Å². The van der Waals surface area contributed by atoms with Crippen molar-refractivity contribution in [1.82, 2.24) is 5.32 Å². The number of benzene rings is 2. The summed E-state index contributed by atoms with van der Waals surface area (Å²) < 4.78 is -1.35. The van der Waals surface area contributed by atoms with Gasteiger partial charge in [-0.3, -0.25) is 14.6 Å². The molecule has 0 radical (unpaired) electrons. The van der Waals surface area contributed by atoms with Crippen LogP contribution < -0.4 is 10.6 Å². The minimum Gasteiger partial charge on any atom is -0.326 e. The number of carbonyl (C=O) groups excluding carboxylic acids is 2. The van der Waals surface area contributed by atoms with E-state index in [1.165, 1.54) is 31.3 Å². The van der Waals surface area contributed by atoms with E-state index < -0.39 is 28.0 Å². The Labute approximate surface area is 225 Å². The highest BCUT2D eigenvalue weighted by Gasteiger charge is 2.67. The fraction of sp³-hybridized carbons (Fsp3) is 0.182. The molecule has 2 aromatic carbocycles. The maximum absolute atomic E-state index is 12.9. The van der Waals surface area contributed by atoms with Gasteiger partial charge in [-0.1, -0.05) is 46.4 Å². The molecule has 34 heavy (non-hydrogen) atoms. The van der Waals surface area contributed by atoms with Crippen LogP contribution in [0.4, 0.5) is 5.69 Å². The van der Waals surface area contributed by atoms with Crippen molar-refractivity contribution in [1.29, 1.82) is 0 Å². The molecule has 0 spiro atoms. The number of aliphatic imine (C=N–C) groups is 2. The molecule has 178 valence electrons. The van der Waals surface area contributed by atoms with E-state index in [-0.39, 0.29) is 21.6 Å². The van der Waals surface area contributed by atoms with Crippen molar-refractivity contribution in [2.75, 3.05) is 12.4 Å². The Kier molecular flexibility index (Phi) is 8.56. The van der Waals surface area contributed by atoms with Crippen molar-refractivity contribution in [3.05, 3.63) is 74.5 Å². The smallest absolute Gasteiger partial charge is 0.258 e. The molecule has 1 saturated carbocycles. The third kappa shape index (κ3) is 6.06. The SMILES string of the molecule is C=N/C(=C\C(Cl)=N/C)NC(=O)c1cc(NC(=O)C2C(c3cc(Cl)cc(Cl)c3)C2(Cl)Cl)ccc1Cl. The number of carbonyl (C=O) groups is 2. The van der Waals surface area contributed by atoms with E-state index >= 15 is 0 Å². The summed E-state index contributed by atoms with van der Waals surface area (Å²) in [5.41, 5.74) is 1.03. The number of rotatable bonds is 7. The molecule has 12 heteroatoms. The largest absolute Gasteiger partial charge is 0.326 e. The number of nitrogens with zero attached hydrogens (tertiary/aromatic N) is 2. The van der Waals surface area contributed by atoms with Gasteiger partial charge in [0, 0.05) is 34.8 Å². The molecular formula is C22H16Cl6N4O2. The molecule has 3 rings (SSSR count). The normalized spacial score (nSPS) is 19.4. The fourth-order valence-corrected chi connectivity index (χ4v) is 4.98. The summed E-state index contributed by atoms with van der Waals surface area (Å²) in [7, 11) is 1.48. The van der Waals surface area contributed by atoms with Crippen molar-refractivity contribution < 1.29 is 9.59 Å². The van der Waals surface area contributed by atoms with Gasteiger partial charge in [-0.25, -0.2) is 4.99 Å². The topological polar surface area (TPSA) is 82.9 Å². The maximum Gasteiger partial charge on any atom is 0.258 e. The molecule has 2 aromatic rings. The Bertz CT molecular complexity index is 1210. The van der Waals surface area contributed by atoms with E-state index in [4.69, 9.17) is 69.6 Å². The van der Waals surface area contributed by atoms with Crippen LogP contribution in [0, 0.1) is 5.92 Å². The average Bonchev–Trinajstić information content (AvgIpc) is 3.35. The first-order valence-corrected chi connectivity index (χ1v) is 11.8. The molecular weight excluding hydrogens is 565 g/mol. The molecule has 1 aliphatic carbocycles. The second kappa shape index (κ2) is 10.9. The lowest BCUT2D eigenvalue weighted by Crippen LogP contribution is -2.23. The first-order valence-electron chi connectivity index (χ1n) is 9.54. The second-order valence-electron chi connectivity index (χ2n) is 7.20. The van der Waals surface area contributed by atoms with Crippen molar-refractivity contribution >= 4 is 99.0 Å². The van der Waals surface area contributed by atoms with Crippen molar-refractivity contribution in [3.63, 3.8) is 0 Å². The van der Waals surface area contributed by atoms with E-state index in [1.54, 1.807) is 18.2 Å². The van der Waals surface area contributed by atoms with E-state index in [0.29, 0.717) is 21.3 Å². The summed E-state index contributed by atoms with van der Waals surface area (Å²) in [6.45, 7) is 3.38. The van der Waals surface area contributed by atoms with Crippen molar-refractivity contribution in [2.45, 2.75) is 10.3 Å². The summed E-state index contributed by atoms with van der Waals surface area (Å²) in [5.74, 6) is -2.26. The molecule has 2 amide bonds. The maximum atomic E-state index is 12.9. The van der Waals surface area contributed by atoms with E-state index in [2.05, 4.69) is 27.3 Å². The van der Waals surface area contributed by atoms with Crippen LogP contribution in [-0.2, 0) is 4.79 Å². The number of nitrogens with one attached hydrogen (secondary N) is 2. The molecule has 1 fully saturated rings.